The van der Waals surface area contributed by atoms with Gasteiger partial charge in [0.2, 0.25) is 0 Å². The Bertz CT molecular complexity index is 333. The predicted molar refractivity (Wildman–Crippen MR) is 81.0 cm³/mol. The number of hydrogen-bond acceptors (Lipinski definition) is 0. The Labute approximate surface area is 119 Å². The van der Waals surface area contributed by atoms with Crippen LogP contribution in [0.3, 0.4) is 0 Å². The van der Waals surface area contributed by atoms with Crippen LogP contribution in [0.15, 0.2) is 0 Å². The number of fused-ring (bicyclic) bond motifs is 4. The summed E-state index contributed by atoms with van der Waals surface area (Å²) in [4.78, 5) is 0. The summed E-state index contributed by atoms with van der Waals surface area (Å²) in [7, 11) is 0. The van der Waals surface area contributed by atoms with Crippen molar-refractivity contribution in [1.82, 2.24) is 0 Å². The molecule has 4 aliphatic carbocycles. The second-order valence-corrected chi connectivity index (χ2v) is 8.66. The van der Waals surface area contributed by atoms with E-state index < -0.39 is 0 Å². The maximum atomic E-state index is 2.70. The molecule has 19 heavy (non-hydrogen) atoms. The molecule has 0 spiro atoms. The van der Waals surface area contributed by atoms with Gasteiger partial charge in [0.1, 0.15) is 0 Å². The molecule has 4 rings (SSSR count). The lowest BCUT2D eigenvalue weighted by molar-refractivity contribution is -0.0401. The van der Waals surface area contributed by atoms with E-state index in [1.165, 1.54) is 12.8 Å². The van der Waals surface area contributed by atoms with Gasteiger partial charge in [0, 0.05) is 0 Å². The third-order valence-electron chi connectivity index (χ3n) is 8.02. The minimum absolute atomic E-state index is 0.750. The summed E-state index contributed by atoms with van der Waals surface area (Å²) in [6, 6.07) is 0. The van der Waals surface area contributed by atoms with E-state index in [1.807, 2.05) is 0 Å². The zero-order valence-corrected chi connectivity index (χ0v) is 12.9. The van der Waals surface area contributed by atoms with Crippen molar-refractivity contribution in [3.8, 4) is 0 Å². The van der Waals surface area contributed by atoms with Crippen molar-refractivity contribution in [3.05, 3.63) is 0 Å². The first-order chi connectivity index (χ1) is 9.27. The molecule has 0 nitrogen and oxygen atoms in total. The molecule has 0 aliphatic heterocycles. The average molecular weight is 260 g/mol. The third kappa shape index (κ3) is 2.00. The molecule has 4 fully saturated rings. The van der Waals surface area contributed by atoms with Crippen LogP contribution < -0.4 is 0 Å². The summed E-state index contributed by atoms with van der Waals surface area (Å²) >= 11 is 0. The lowest BCUT2D eigenvalue weighted by atomic mass is 9.51. The highest BCUT2D eigenvalue weighted by Crippen LogP contribution is 2.60. The molecule has 5 unspecified atom stereocenters. The van der Waals surface area contributed by atoms with Gasteiger partial charge in [0.25, 0.3) is 0 Å². The molecule has 6 atom stereocenters. The van der Waals surface area contributed by atoms with Crippen molar-refractivity contribution >= 4 is 0 Å². The van der Waals surface area contributed by atoms with Crippen LogP contribution in [-0.4, -0.2) is 0 Å². The third-order valence-corrected chi connectivity index (χ3v) is 8.02. The van der Waals surface area contributed by atoms with Crippen LogP contribution in [0, 0.1) is 35.0 Å². The largest absolute Gasteiger partial charge is 0.0591 e. The summed E-state index contributed by atoms with van der Waals surface area (Å²) in [5.41, 5.74) is 0.750. The maximum absolute atomic E-state index is 2.70. The van der Waals surface area contributed by atoms with Gasteiger partial charge in [0.15, 0.2) is 0 Å². The van der Waals surface area contributed by atoms with E-state index >= 15 is 0 Å². The van der Waals surface area contributed by atoms with Gasteiger partial charge in [-0.25, -0.2) is 0 Å². The Morgan fingerprint density at radius 3 is 2.47 bits per heavy atom. The molecular weight excluding hydrogens is 228 g/mol. The zero-order valence-electron chi connectivity index (χ0n) is 12.9. The molecule has 0 N–H and O–H groups in total. The highest BCUT2D eigenvalue weighted by atomic mass is 14.6. The Hall–Kier alpha value is 0. The lowest BCUT2D eigenvalue weighted by Gasteiger charge is -2.54. The Morgan fingerprint density at radius 2 is 1.53 bits per heavy atom. The van der Waals surface area contributed by atoms with Crippen LogP contribution in [0.4, 0.5) is 0 Å². The Balaban J connectivity index is 1.58. The molecule has 0 bridgehead atoms. The van der Waals surface area contributed by atoms with Gasteiger partial charge in [-0.3, -0.25) is 0 Å². The molecule has 0 saturated heterocycles. The summed E-state index contributed by atoms with van der Waals surface area (Å²) < 4.78 is 0. The monoisotopic (exact) mass is 260 g/mol. The summed E-state index contributed by atoms with van der Waals surface area (Å²) in [5, 5.41) is 0. The minimum Gasteiger partial charge on any atom is -0.0591 e. The van der Waals surface area contributed by atoms with E-state index in [0.717, 1.165) is 35.0 Å². The average Bonchev–Trinajstić information content (AvgIpc) is 2.76. The van der Waals surface area contributed by atoms with Gasteiger partial charge in [-0.05, 0) is 80.0 Å². The summed E-state index contributed by atoms with van der Waals surface area (Å²) in [6.45, 7) is 2.70. The molecule has 4 saturated carbocycles. The maximum Gasteiger partial charge on any atom is -0.0267 e. The molecule has 0 aromatic heterocycles. The van der Waals surface area contributed by atoms with Crippen molar-refractivity contribution < 1.29 is 0 Å². The molecular formula is C19H32. The molecule has 0 aromatic carbocycles. The van der Waals surface area contributed by atoms with Crippen molar-refractivity contribution in [2.45, 2.75) is 84.0 Å². The molecule has 108 valence electrons. The molecule has 0 radical (unpaired) electrons. The first-order valence-corrected chi connectivity index (χ1v) is 9.27. The minimum atomic E-state index is 0.750. The molecule has 0 heterocycles. The summed E-state index contributed by atoms with van der Waals surface area (Å²) in [5.74, 6) is 5.60. The van der Waals surface area contributed by atoms with E-state index in [0.29, 0.717) is 0 Å². The fourth-order valence-electron chi connectivity index (χ4n) is 6.98. The first-order valence-electron chi connectivity index (χ1n) is 9.27. The van der Waals surface area contributed by atoms with Crippen molar-refractivity contribution in [2.75, 3.05) is 0 Å². The first kappa shape index (κ1) is 12.7. The molecule has 0 heteroatoms. The Kier molecular flexibility index (Phi) is 3.20. The molecule has 0 aromatic rings. The van der Waals surface area contributed by atoms with Gasteiger partial charge in [-0.2, -0.15) is 0 Å². The van der Waals surface area contributed by atoms with Gasteiger partial charge in [-0.1, -0.05) is 39.0 Å². The van der Waals surface area contributed by atoms with Crippen LogP contribution in [0.1, 0.15) is 84.0 Å². The predicted octanol–water partition coefficient (Wildman–Crippen LogP) is 5.81. The van der Waals surface area contributed by atoms with E-state index in [4.69, 9.17) is 0 Å². The van der Waals surface area contributed by atoms with E-state index in [9.17, 15) is 0 Å². The van der Waals surface area contributed by atoms with Crippen molar-refractivity contribution in [2.24, 2.45) is 35.0 Å². The quantitative estimate of drug-likeness (QED) is 0.515. The smallest absolute Gasteiger partial charge is 0.0267 e. The van der Waals surface area contributed by atoms with Crippen LogP contribution in [0.5, 0.6) is 0 Å². The molecule has 0 amide bonds. The standard InChI is InChI=1S/C19H32/c1-19-12-3-2-7-17(19)10-8-16-13-15-6-4-5-14(15)9-11-18(16)19/h14-18H,2-13H2,1H3/t14?,15?,16?,17?,18?,19-/m0/s1. The van der Waals surface area contributed by atoms with Crippen LogP contribution in [-0.2, 0) is 0 Å². The fourth-order valence-corrected chi connectivity index (χ4v) is 6.98. The topological polar surface area (TPSA) is 0 Å². The normalized spacial score (nSPS) is 53.8. The van der Waals surface area contributed by atoms with Gasteiger partial charge in [-0.15, -0.1) is 0 Å². The van der Waals surface area contributed by atoms with Crippen LogP contribution in [0.25, 0.3) is 0 Å². The van der Waals surface area contributed by atoms with Gasteiger partial charge in [0.05, 0.1) is 0 Å². The van der Waals surface area contributed by atoms with Crippen molar-refractivity contribution in [3.63, 3.8) is 0 Å². The number of rotatable bonds is 0. The molecule has 4 aliphatic rings. The van der Waals surface area contributed by atoms with Gasteiger partial charge >= 0.3 is 0 Å². The second-order valence-electron chi connectivity index (χ2n) is 8.66. The summed E-state index contributed by atoms with van der Waals surface area (Å²) in [6.07, 6.45) is 18.9. The zero-order chi connectivity index (χ0) is 12.9. The Morgan fingerprint density at radius 1 is 0.684 bits per heavy atom. The van der Waals surface area contributed by atoms with E-state index in [2.05, 4.69) is 6.92 Å². The SMILES string of the molecule is C[C@]12CCCCC1CCC1CC3CCCC3CCC12. The van der Waals surface area contributed by atoms with E-state index in [1.54, 1.807) is 64.2 Å². The number of hydrogen-bond donors (Lipinski definition) is 0. The van der Waals surface area contributed by atoms with E-state index in [-0.39, 0.29) is 0 Å². The highest BCUT2D eigenvalue weighted by Gasteiger charge is 2.50. The highest BCUT2D eigenvalue weighted by molar-refractivity contribution is 5.00. The van der Waals surface area contributed by atoms with Gasteiger partial charge < -0.3 is 0 Å². The van der Waals surface area contributed by atoms with Crippen LogP contribution in [0.2, 0.25) is 0 Å². The van der Waals surface area contributed by atoms with Crippen LogP contribution >= 0.6 is 0 Å². The lowest BCUT2D eigenvalue weighted by Crippen LogP contribution is -2.45. The van der Waals surface area contributed by atoms with Crippen molar-refractivity contribution in [1.29, 1.82) is 0 Å². The second kappa shape index (κ2) is 4.78. The fraction of sp³-hybridized carbons (Fsp3) is 1.00.